The highest BCUT2D eigenvalue weighted by Crippen LogP contribution is 2.20. The molecule has 0 spiro atoms. The summed E-state index contributed by atoms with van der Waals surface area (Å²) in [6.07, 6.45) is 0.908. The molecule has 0 aliphatic carbocycles. The molecule has 17 heavy (non-hydrogen) atoms. The first kappa shape index (κ1) is 13.6. The highest BCUT2D eigenvalue weighted by Gasteiger charge is 2.09. The van der Waals surface area contributed by atoms with E-state index in [4.69, 9.17) is 5.26 Å². The molecule has 0 aliphatic heterocycles. The highest BCUT2D eigenvalue weighted by molar-refractivity contribution is 5.47. The first-order valence-electron chi connectivity index (χ1n) is 6.29. The fourth-order valence-corrected chi connectivity index (χ4v) is 1.81. The van der Waals surface area contributed by atoms with Crippen LogP contribution in [0, 0.1) is 17.2 Å². The predicted molar refractivity (Wildman–Crippen MR) is 73.2 cm³/mol. The van der Waals surface area contributed by atoms with E-state index in [1.165, 1.54) is 11.3 Å². The molecular formula is C15H22N2. The van der Waals surface area contributed by atoms with E-state index in [-0.39, 0.29) is 5.92 Å². The summed E-state index contributed by atoms with van der Waals surface area (Å²) in [7, 11) is 2.05. The maximum absolute atomic E-state index is 8.96. The molecule has 0 radical (unpaired) electrons. The van der Waals surface area contributed by atoms with E-state index in [0.29, 0.717) is 5.92 Å². The maximum atomic E-state index is 8.96. The third-order valence-corrected chi connectivity index (χ3v) is 3.17. The van der Waals surface area contributed by atoms with Crippen LogP contribution in [0.15, 0.2) is 24.3 Å². The summed E-state index contributed by atoms with van der Waals surface area (Å²) in [5, 5.41) is 8.96. The molecular weight excluding hydrogens is 208 g/mol. The number of anilines is 1. The Morgan fingerprint density at radius 2 is 1.82 bits per heavy atom. The van der Waals surface area contributed by atoms with Crippen molar-refractivity contribution in [2.24, 2.45) is 5.92 Å². The lowest BCUT2D eigenvalue weighted by atomic mass is 10.0. The molecule has 0 aliphatic rings. The summed E-state index contributed by atoms with van der Waals surface area (Å²) >= 11 is 0. The number of hydrogen-bond donors (Lipinski definition) is 0. The Morgan fingerprint density at radius 3 is 2.24 bits per heavy atom. The quantitative estimate of drug-likeness (QED) is 0.769. The van der Waals surface area contributed by atoms with Crippen LogP contribution in [0.2, 0.25) is 0 Å². The molecule has 1 unspecified atom stereocenters. The van der Waals surface area contributed by atoms with Crippen LogP contribution < -0.4 is 4.90 Å². The Labute approximate surface area is 105 Å². The SMILES string of the molecule is CCC(C#N)CN(C)c1ccc(C(C)C)cc1. The predicted octanol–water partition coefficient (Wildman–Crippen LogP) is 3.80. The molecule has 2 heteroatoms. The van der Waals surface area contributed by atoms with Crippen molar-refractivity contribution in [3.8, 4) is 6.07 Å². The summed E-state index contributed by atoms with van der Waals surface area (Å²) in [5.41, 5.74) is 2.54. The smallest absolute Gasteiger partial charge is 0.0674 e. The second-order valence-electron chi connectivity index (χ2n) is 4.86. The summed E-state index contributed by atoms with van der Waals surface area (Å²) in [5.74, 6) is 0.682. The Bertz CT molecular complexity index is 373. The molecule has 0 N–H and O–H groups in total. The van der Waals surface area contributed by atoms with Crippen molar-refractivity contribution in [2.45, 2.75) is 33.1 Å². The first-order valence-corrected chi connectivity index (χ1v) is 6.29. The standard InChI is InChI=1S/C15H22N2/c1-5-13(10-16)11-17(4)15-8-6-14(7-9-15)12(2)3/h6-9,12-13H,5,11H2,1-4H3. The van der Waals surface area contributed by atoms with Crippen LogP contribution in [0.5, 0.6) is 0 Å². The van der Waals surface area contributed by atoms with Gasteiger partial charge in [-0.2, -0.15) is 5.26 Å². The molecule has 1 rings (SSSR count). The van der Waals surface area contributed by atoms with Gasteiger partial charge in [-0.1, -0.05) is 32.9 Å². The largest absolute Gasteiger partial charge is 0.373 e. The zero-order valence-corrected chi connectivity index (χ0v) is 11.3. The van der Waals surface area contributed by atoms with E-state index in [9.17, 15) is 0 Å². The Morgan fingerprint density at radius 1 is 1.24 bits per heavy atom. The van der Waals surface area contributed by atoms with Gasteiger partial charge in [0.2, 0.25) is 0 Å². The molecule has 0 aromatic heterocycles. The zero-order valence-electron chi connectivity index (χ0n) is 11.3. The molecule has 0 amide bonds. The van der Waals surface area contributed by atoms with Gasteiger partial charge in [0.1, 0.15) is 0 Å². The number of rotatable bonds is 5. The fraction of sp³-hybridized carbons (Fsp3) is 0.533. The summed E-state index contributed by atoms with van der Waals surface area (Å²) in [4.78, 5) is 2.15. The lowest BCUT2D eigenvalue weighted by molar-refractivity contribution is 0.631. The van der Waals surface area contributed by atoms with Gasteiger partial charge < -0.3 is 4.90 Å². The van der Waals surface area contributed by atoms with E-state index < -0.39 is 0 Å². The average Bonchev–Trinajstić information content (AvgIpc) is 2.35. The van der Waals surface area contributed by atoms with Crippen molar-refractivity contribution in [2.75, 3.05) is 18.5 Å². The van der Waals surface area contributed by atoms with Crippen LogP contribution in [0.3, 0.4) is 0 Å². The van der Waals surface area contributed by atoms with Gasteiger partial charge in [0.15, 0.2) is 0 Å². The second-order valence-corrected chi connectivity index (χ2v) is 4.86. The molecule has 1 atom stereocenters. The van der Waals surface area contributed by atoms with Crippen molar-refractivity contribution in [1.29, 1.82) is 5.26 Å². The van der Waals surface area contributed by atoms with Crippen molar-refractivity contribution in [1.82, 2.24) is 0 Å². The van der Waals surface area contributed by atoms with Crippen LogP contribution in [0.25, 0.3) is 0 Å². The molecule has 1 aromatic rings. The maximum Gasteiger partial charge on any atom is 0.0674 e. The van der Waals surface area contributed by atoms with Crippen molar-refractivity contribution >= 4 is 5.69 Å². The molecule has 0 saturated heterocycles. The molecule has 0 heterocycles. The van der Waals surface area contributed by atoms with Gasteiger partial charge in [0, 0.05) is 19.3 Å². The zero-order chi connectivity index (χ0) is 12.8. The summed E-state index contributed by atoms with van der Waals surface area (Å²) in [6, 6.07) is 11.0. The van der Waals surface area contributed by atoms with E-state index in [1.54, 1.807) is 0 Å². The molecule has 1 aromatic carbocycles. The molecule has 92 valence electrons. The van der Waals surface area contributed by atoms with Gasteiger partial charge in [-0.15, -0.1) is 0 Å². The number of nitrogens with zero attached hydrogens (tertiary/aromatic N) is 2. The lowest BCUT2D eigenvalue weighted by Gasteiger charge is -2.22. The number of nitriles is 1. The first-order chi connectivity index (χ1) is 8.08. The number of benzene rings is 1. The van der Waals surface area contributed by atoms with Crippen LogP contribution >= 0.6 is 0 Å². The van der Waals surface area contributed by atoms with E-state index in [0.717, 1.165) is 13.0 Å². The van der Waals surface area contributed by atoms with Crippen LogP contribution in [0.4, 0.5) is 5.69 Å². The van der Waals surface area contributed by atoms with E-state index in [2.05, 4.69) is 56.0 Å². The van der Waals surface area contributed by atoms with Crippen molar-refractivity contribution in [3.63, 3.8) is 0 Å². The molecule has 0 saturated carbocycles. The van der Waals surface area contributed by atoms with Crippen LogP contribution in [0.1, 0.15) is 38.7 Å². The monoisotopic (exact) mass is 230 g/mol. The molecule has 0 fully saturated rings. The Hall–Kier alpha value is -1.49. The Kier molecular flexibility index (Phi) is 5.03. The van der Waals surface area contributed by atoms with Gasteiger partial charge in [-0.05, 0) is 30.0 Å². The third-order valence-electron chi connectivity index (χ3n) is 3.17. The van der Waals surface area contributed by atoms with Crippen molar-refractivity contribution < 1.29 is 0 Å². The molecule has 0 bridgehead atoms. The van der Waals surface area contributed by atoms with Crippen LogP contribution in [-0.4, -0.2) is 13.6 Å². The second kappa shape index (κ2) is 6.30. The Balaban J connectivity index is 2.70. The van der Waals surface area contributed by atoms with E-state index >= 15 is 0 Å². The van der Waals surface area contributed by atoms with Gasteiger partial charge in [-0.3, -0.25) is 0 Å². The van der Waals surface area contributed by atoms with Crippen molar-refractivity contribution in [3.05, 3.63) is 29.8 Å². The van der Waals surface area contributed by atoms with Gasteiger partial charge in [0.05, 0.1) is 12.0 Å². The minimum absolute atomic E-state index is 0.116. The van der Waals surface area contributed by atoms with Crippen LogP contribution in [-0.2, 0) is 0 Å². The fourth-order valence-electron chi connectivity index (χ4n) is 1.81. The highest BCUT2D eigenvalue weighted by atomic mass is 15.1. The van der Waals surface area contributed by atoms with E-state index in [1.807, 2.05) is 7.05 Å². The minimum atomic E-state index is 0.116. The normalized spacial score (nSPS) is 12.2. The average molecular weight is 230 g/mol. The summed E-state index contributed by atoms with van der Waals surface area (Å²) in [6.45, 7) is 7.25. The molecule has 2 nitrogen and oxygen atoms in total. The summed E-state index contributed by atoms with van der Waals surface area (Å²) < 4.78 is 0. The number of hydrogen-bond acceptors (Lipinski definition) is 2. The lowest BCUT2D eigenvalue weighted by Crippen LogP contribution is -2.24. The third kappa shape index (κ3) is 3.78. The topological polar surface area (TPSA) is 27.0 Å². The minimum Gasteiger partial charge on any atom is -0.373 e. The van der Waals surface area contributed by atoms with Gasteiger partial charge in [-0.25, -0.2) is 0 Å². The van der Waals surface area contributed by atoms with Gasteiger partial charge in [0.25, 0.3) is 0 Å². The van der Waals surface area contributed by atoms with Gasteiger partial charge >= 0.3 is 0 Å².